The van der Waals surface area contributed by atoms with Crippen LogP contribution in [0.25, 0.3) is 0 Å². The van der Waals surface area contributed by atoms with E-state index in [4.69, 9.17) is 10.5 Å². The van der Waals surface area contributed by atoms with Crippen molar-refractivity contribution in [3.63, 3.8) is 0 Å². The first kappa shape index (κ1) is 19.7. The van der Waals surface area contributed by atoms with Crippen LogP contribution in [0.4, 0.5) is 11.4 Å². The largest absolute Gasteiger partial charge is 0.377 e. The van der Waals surface area contributed by atoms with E-state index in [-0.39, 0.29) is 36.2 Å². The molecule has 6 nitrogen and oxygen atoms in total. The minimum Gasteiger partial charge on any atom is -0.377 e. The van der Waals surface area contributed by atoms with Crippen LogP contribution in [0.15, 0.2) is 24.3 Å². The zero-order valence-electron chi connectivity index (χ0n) is 14.8. The van der Waals surface area contributed by atoms with Gasteiger partial charge >= 0.3 is 0 Å². The third kappa shape index (κ3) is 3.14. The Morgan fingerprint density at radius 2 is 1.72 bits per heavy atom. The van der Waals surface area contributed by atoms with Gasteiger partial charge in [0.1, 0.15) is 5.54 Å². The highest BCUT2D eigenvalue weighted by molar-refractivity contribution is 6.00. The van der Waals surface area contributed by atoms with E-state index in [1.165, 1.54) is 6.92 Å². The van der Waals surface area contributed by atoms with Gasteiger partial charge in [-0.15, -0.1) is 12.4 Å². The summed E-state index contributed by atoms with van der Waals surface area (Å²) in [5.74, 6) is -0.251. The van der Waals surface area contributed by atoms with Crippen molar-refractivity contribution in [1.82, 2.24) is 0 Å². The van der Waals surface area contributed by atoms with Gasteiger partial charge in [-0.05, 0) is 37.1 Å². The Labute approximate surface area is 154 Å². The summed E-state index contributed by atoms with van der Waals surface area (Å²) in [5, 5.41) is 5.62. The summed E-state index contributed by atoms with van der Waals surface area (Å²) in [7, 11) is 0. The van der Waals surface area contributed by atoms with Crippen molar-refractivity contribution in [2.24, 2.45) is 17.1 Å². The van der Waals surface area contributed by atoms with E-state index in [2.05, 4.69) is 10.6 Å². The van der Waals surface area contributed by atoms with Gasteiger partial charge in [-0.2, -0.15) is 0 Å². The number of nitrogens with one attached hydrogen (secondary N) is 2. The first-order valence-electron chi connectivity index (χ1n) is 8.36. The zero-order chi connectivity index (χ0) is 17.5. The van der Waals surface area contributed by atoms with Gasteiger partial charge in [0.15, 0.2) is 0 Å². The molecule has 1 aliphatic carbocycles. The van der Waals surface area contributed by atoms with E-state index in [9.17, 15) is 9.59 Å². The first-order chi connectivity index (χ1) is 11.3. The summed E-state index contributed by atoms with van der Waals surface area (Å²) in [6.45, 7) is 6.19. The molecule has 3 rings (SSSR count). The second-order valence-electron chi connectivity index (χ2n) is 7.34. The molecule has 0 spiro atoms. The smallest absolute Gasteiger partial charge is 0.245 e. The predicted molar refractivity (Wildman–Crippen MR) is 99.8 cm³/mol. The van der Waals surface area contributed by atoms with Crippen molar-refractivity contribution >= 4 is 35.6 Å². The lowest BCUT2D eigenvalue weighted by molar-refractivity contribution is -0.222. The average molecular weight is 368 g/mol. The standard InChI is InChI=1S/C18H25N3O3.ClH/c1-11(22)20-12-6-8-13(9-7-12)21-16(23)18(19)14-5-4-10-24-15(14)17(18,2)3;/h6-9,14-15H,4-5,10,19H2,1-3H3,(H,20,22)(H,21,23);1H. The van der Waals surface area contributed by atoms with E-state index in [1.807, 2.05) is 13.8 Å². The van der Waals surface area contributed by atoms with E-state index in [0.29, 0.717) is 11.4 Å². The molecule has 2 amide bonds. The van der Waals surface area contributed by atoms with Gasteiger partial charge in [-0.1, -0.05) is 13.8 Å². The van der Waals surface area contributed by atoms with Crippen LogP contribution in [0.3, 0.4) is 0 Å². The maximum atomic E-state index is 12.9. The van der Waals surface area contributed by atoms with Gasteiger partial charge in [-0.3, -0.25) is 9.59 Å². The number of benzene rings is 1. The molecule has 3 unspecified atom stereocenters. The van der Waals surface area contributed by atoms with Crippen LogP contribution in [0.1, 0.15) is 33.6 Å². The normalized spacial score (nSPS) is 29.4. The molecule has 0 radical (unpaired) electrons. The summed E-state index contributed by atoms with van der Waals surface area (Å²) < 4.78 is 5.84. The monoisotopic (exact) mass is 367 g/mol. The number of hydrogen-bond acceptors (Lipinski definition) is 4. The van der Waals surface area contributed by atoms with Crippen LogP contribution in [0.5, 0.6) is 0 Å². The van der Waals surface area contributed by atoms with Gasteiger partial charge < -0.3 is 21.1 Å². The van der Waals surface area contributed by atoms with E-state index in [1.54, 1.807) is 24.3 Å². The van der Waals surface area contributed by atoms with Gasteiger partial charge in [0.2, 0.25) is 11.8 Å². The average Bonchev–Trinajstić information content (AvgIpc) is 2.55. The molecule has 1 heterocycles. The highest BCUT2D eigenvalue weighted by Crippen LogP contribution is 2.57. The van der Waals surface area contributed by atoms with Crippen molar-refractivity contribution < 1.29 is 14.3 Å². The molecule has 4 N–H and O–H groups in total. The van der Waals surface area contributed by atoms with Crippen LogP contribution >= 0.6 is 12.4 Å². The van der Waals surface area contributed by atoms with Crippen LogP contribution in [0.2, 0.25) is 0 Å². The third-order valence-corrected chi connectivity index (χ3v) is 5.52. The lowest BCUT2D eigenvalue weighted by Crippen LogP contribution is -2.81. The van der Waals surface area contributed by atoms with Crippen molar-refractivity contribution in [3.05, 3.63) is 24.3 Å². The first-order valence-corrected chi connectivity index (χ1v) is 8.36. The molecule has 0 aromatic heterocycles. The van der Waals surface area contributed by atoms with Crippen molar-refractivity contribution in [2.75, 3.05) is 17.2 Å². The summed E-state index contributed by atoms with van der Waals surface area (Å²) >= 11 is 0. The number of hydrogen-bond donors (Lipinski definition) is 3. The Balaban J connectivity index is 0.00000225. The Morgan fingerprint density at radius 1 is 1.16 bits per heavy atom. The number of nitrogens with two attached hydrogens (primary N) is 1. The Hall–Kier alpha value is -1.63. The summed E-state index contributed by atoms with van der Waals surface area (Å²) in [6.07, 6.45) is 1.90. The molecule has 1 saturated carbocycles. The van der Waals surface area contributed by atoms with E-state index in [0.717, 1.165) is 19.4 Å². The molecule has 1 aromatic carbocycles. The minimum atomic E-state index is -0.936. The highest BCUT2D eigenvalue weighted by Gasteiger charge is 2.70. The fourth-order valence-electron chi connectivity index (χ4n) is 4.11. The third-order valence-electron chi connectivity index (χ3n) is 5.52. The van der Waals surface area contributed by atoms with Crippen molar-refractivity contribution in [3.8, 4) is 0 Å². The number of fused-ring (bicyclic) bond motifs is 1. The minimum absolute atomic E-state index is 0. The number of rotatable bonds is 3. The predicted octanol–water partition coefficient (Wildman–Crippen LogP) is 2.54. The molecule has 1 aromatic rings. The number of anilines is 2. The number of carbonyl (C=O) groups excluding carboxylic acids is 2. The number of halogens is 1. The number of amides is 2. The molecule has 1 aliphatic heterocycles. The Kier molecular flexibility index (Phi) is 5.47. The van der Waals surface area contributed by atoms with E-state index >= 15 is 0 Å². The quantitative estimate of drug-likeness (QED) is 0.765. The fraction of sp³-hybridized carbons (Fsp3) is 0.556. The lowest BCUT2D eigenvalue weighted by atomic mass is 9.46. The van der Waals surface area contributed by atoms with Gasteiger partial charge in [0, 0.05) is 36.2 Å². The molecular weight excluding hydrogens is 342 g/mol. The summed E-state index contributed by atoms with van der Waals surface area (Å²) in [4.78, 5) is 23.9. The molecule has 3 atom stereocenters. The van der Waals surface area contributed by atoms with E-state index < -0.39 is 11.0 Å². The fourth-order valence-corrected chi connectivity index (χ4v) is 4.11. The molecule has 2 aliphatic rings. The van der Waals surface area contributed by atoms with Crippen LogP contribution in [-0.4, -0.2) is 30.1 Å². The number of carbonyl (C=O) groups is 2. The number of ether oxygens (including phenoxy) is 1. The summed E-state index contributed by atoms with van der Waals surface area (Å²) in [5.41, 5.74) is 6.58. The van der Waals surface area contributed by atoms with Crippen molar-refractivity contribution in [2.45, 2.75) is 45.3 Å². The van der Waals surface area contributed by atoms with Crippen LogP contribution < -0.4 is 16.4 Å². The Morgan fingerprint density at radius 3 is 2.28 bits per heavy atom. The van der Waals surface area contributed by atoms with Crippen LogP contribution in [-0.2, 0) is 14.3 Å². The topological polar surface area (TPSA) is 93.5 Å². The van der Waals surface area contributed by atoms with Crippen molar-refractivity contribution in [1.29, 1.82) is 0 Å². The highest BCUT2D eigenvalue weighted by atomic mass is 35.5. The maximum Gasteiger partial charge on any atom is 0.245 e. The van der Waals surface area contributed by atoms with Gasteiger partial charge in [-0.25, -0.2) is 0 Å². The van der Waals surface area contributed by atoms with Gasteiger partial charge in [0.05, 0.1) is 6.10 Å². The molecule has 0 bridgehead atoms. The molecule has 7 heteroatoms. The molecular formula is C18H26ClN3O3. The lowest BCUT2D eigenvalue weighted by Gasteiger charge is -2.65. The molecule has 2 fully saturated rings. The molecule has 1 saturated heterocycles. The SMILES string of the molecule is CC(=O)Nc1ccc(NC(=O)C2(N)C3CCCOC3C2(C)C)cc1.Cl. The molecule has 25 heavy (non-hydrogen) atoms. The zero-order valence-corrected chi connectivity index (χ0v) is 15.6. The Bertz CT molecular complexity index is 662. The molecule has 138 valence electrons. The second-order valence-corrected chi connectivity index (χ2v) is 7.34. The second kappa shape index (κ2) is 6.94. The van der Waals surface area contributed by atoms with Crippen LogP contribution in [0, 0.1) is 11.3 Å². The maximum absolute atomic E-state index is 12.9. The van der Waals surface area contributed by atoms with Gasteiger partial charge in [0.25, 0.3) is 0 Å². The summed E-state index contributed by atoms with van der Waals surface area (Å²) in [6, 6.07) is 7.01.